The lowest BCUT2D eigenvalue weighted by Crippen LogP contribution is -2.11. The van der Waals surface area contributed by atoms with E-state index in [1.54, 1.807) is 36.7 Å². The van der Waals surface area contributed by atoms with Crippen LogP contribution in [0.5, 0.6) is 0 Å². The summed E-state index contributed by atoms with van der Waals surface area (Å²) >= 11 is 1.25. The Labute approximate surface area is 114 Å². The van der Waals surface area contributed by atoms with Crippen molar-refractivity contribution in [2.24, 2.45) is 0 Å². The van der Waals surface area contributed by atoms with Gasteiger partial charge in [-0.3, -0.25) is 4.72 Å². The molecule has 0 aliphatic heterocycles. The molecular formula is C12H11N3O2S2. The van der Waals surface area contributed by atoms with Gasteiger partial charge >= 0.3 is 0 Å². The van der Waals surface area contributed by atoms with Crippen molar-refractivity contribution in [3.63, 3.8) is 0 Å². The van der Waals surface area contributed by atoms with Gasteiger partial charge in [0.15, 0.2) is 0 Å². The largest absolute Gasteiger partial charge is 0.345 e. The summed E-state index contributed by atoms with van der Waals surface area (Å²) in [6.45, 7) is 1.88. The molecule has 1 aromatic carbocycles. The number of nitrogens with zero attached hydrogens (tertiary/aromatic N) is 1. The van der Waals surface area contributed by atoms with E-state index in [1.165, 1.54) is 11.3 Å². The second kappa shape index (κ2) is 4.36. The topological polar surface area (TPSA) is 74.8 Å². The zero-order valence-electron chi connectivity index (χ0n) is 10.0. The monoisotopic (exact) mass is 293 g/mol. The Hall–Kier alpha value is -1.86. The van der Waals surface area contributed by atoms with Gasteiger partial charge in [-0.05, 0) is 37.3 Å². The normalized spacial score (nSPS) is 11.8. The van der Waals surface area contributed by atoms with Crippen LogP contribution in [-0.2, 0) is 10.0 Å². The number of rotatable bonds is 3. The van der Waals surface area contributed by atoms with Gasteiger partial charge in [0.1, 0.15) is 4.21 Å². The molecule has 3 rings (SSSR count). The second-order valence-electron chi connectivity index (χ2n) is 4.11. The minimum atomic E-state index is -3.51. The third-order valence-electron chi connectivity index (χ3n) is 2.65. The minimum Gasteiger partial charge on any atom is -0.345 e. The molecule has 0 spiro atoms. The van der Waals surface area contributed by atoms with Gasteiger partial charge in [-0.25, -0.2) is 13.4 Å². The van der Waals surface area contributed by atoms with Crippen molar-refractivity contribution in [3.05, 3.63) is 41.5 Å². The van der Waals surface area contributed by atoms with Gasteiger partial charge in [0.05, 0.1) is 23.0 Å². The predicted molar refractivity (Wildman–Crippen MR) is 76.0 cm³/mol. The summed E-state index contributed by atoms with van der Waals surface area (Å²) in [5.41, 5.74) is 2.11. The Morgan fingerprint density at radius 1 is 1.26 bits per heavy atom. The molecule has 0 bridgehead atoms. The first-order valence-electron chi connectivity index (χ1n) is 5.57. The van der Waals surface area contributed by atoms with Crippen LogP contribution in [0.4, 0.5) is 5.69 Å². The number of benzene rings is 1. The van der Waals surface area contributed by atoms with E-state index in [2.05, 4.69) is 14.7 Å². The number of hydrogen-bond donors (Lipinski definition) is 2. The number of hydrogen-bond acceptors (Lipinski definition) is 4. The van der Waals surface area contributed by atoms with E-state index in [0.29, 0.717) is 9.90 Å². The van der Waals surface area contributed by atoms with Crippen LogP contribution in [0.25, 0.3) is 11.0 Å². The zero-order chi connectivity index (χ0) is 13.5. The van der Waals surface area contributed by atoms with Crippen LogP contribution in [0.3, 0.4) is 0 Å². The molecule has 0 aliphatic carbocycles. The fourth-order valence-corrected chi connectivity index (χ4v) is 4.09. The Morgan fingerprint density at radius 3 is 2.84 bits per heavy atom. The number of aromatic nitrogens is 2. The van der Waals surface area contributed by atoms with Crippen molar-refractivity contribution in [3.8, 4) is 0 Å². The quantitative estimate of drug-likeness (QED) is 0.779. The van der Waals surface area contributed by atoms with E-state index in [0.717, 1.165) is 15.9 Å². The predicted octanol–water partition coefficient (Wildman–Crippen LogP) is 2.73. The Morgan fingerprint density at radius 2 is 2.11 bits per heavy atom. The molecule has 0 fully saturated rings. The Kier molecular flexibility index (Phi) is 2.79. The minimum absolute atomic E-state index is 0.315. The standard InChI is InChI=1S/C12H11N3O2S2/c1-8-2-5-12(18-8)19(16,17)15-9-3-4-10-11(6-9)14-7-13-10/h2-7,15H,1H3,(H,13,14). The van der Waals surface area contributed by atoms with Crippen molar-refractivity contribution in [2.75, 3.05) is 4.72 Å². The van der Waals surface area contributed by atoms with Crippen LogP contribution >= 0.6 is 11.3 Å². The molecule has 0 radical (unpaired) electrons. The maximum absolute atomic E-state index is 12.2. The lowest BCUT2D eigenvalue weighted by molar-refractivity contribution is 0.603. The second-order valence-corrected chi connectivity index (χ2v) is 7.30. The molecule has 5 nitrogen and oxygen atoms in total. The maximum atomic E-state index is 12.2. The van der Waals surface area contributed by atoms with Gasteiger partial charge in [-0.1, -0.05) is 0 Å². The molecule has 0 unspecified atom stereocenters. The number of sulfonamides is 1. The number of anilines is 1. The van der Waals surface area contributed by atoms with Crippen molar-refractivity contribution >= 4 is 38.1 Å². The van der Waals surface area contributed by atoms with Crippen LogP contribution in [0.15, 0.2) is 40.9 Å². The number of aromatic amines is 1. The average molecular weight is 293 g/mol. The Bertz CT molecular complexity index is 833. The zero-order valence-corrected chi connectivity index (χ0v) is 11.7. The van der Waals surface area contributed by atoms with Gasteiger partial charge in [0, 0.05) is 4.88 Å². The van der Waals surface area contributed by atoms with Crippen molar-refractivity contribution in [1.29, 1.82) is 0 Å². The molecule has 3 aromatic rings. The third-order valence-corrected chi connectivity index (χ3v) is 5.53. The number of imidazole rings is 1. The van der Waals surface area contributed by atoms with Crippen molar-refractivity contribution in [1.82, 2.24) is 9.97 Å². The molecular weight excluding hydrogens is 282 g/mol. The number of nitrogens with one attached hydrogen (secondary N) is 2. The first-order chi connectivity index (χ1) is 9.04. The molecule has 0 atom stereocenters. The van der Waals surface area contributed by atoms with Crippen LogP contribution in [0.2, 0.25) is 0 Å². The summed E-state index contributed by atoms with van der Waals surface area (Å²) in [4.78, 5) is 8.00. The highest BCUT2D eigenvalue weighted by atomic mass is 32.2. The van der Waals surface area contributed by atoms with Gasteiger partial charge in [-0.15, -0.1) is 11.3 Å². The highest BCUT2D eigenvalue weighted by molar-refractivity contribution is 7.94. The lowest BCUT2D eigenvalue weighted by Gasteiger charge is -2.05. The van der Waals surface area contributed by atoms with E-state index in [4.69, 9.17) is 0 Å². The van der Waals surface area contributed by atoms with Gasteiger partial charge in [-0.2, -0.15) is 0 Å². The molecule has 98 valence electrons. The maximum Gasteiger partial charge on any atom is 0.271 e. The summed E-state index contributed by atoms with van der Waals surface area (Å²) in [5, 5.41) is 0. The molecule has 19 heavy (non-hydrogen) atoms. The molecule has 2 heterocycles. The fourth-order valence-electron chi connectivity index (χ4n) is 1.76. The van der Waals surface area contributed by atoms with E-state index < -0.39 is 10.0 Å². The molecule has 0 saturated heterocycles. The smallest absolute Gasteiger partial charge is 0.271 e. The van der Waals surface area contributed by atoms with Crippen LogP contribution in [-0.4, -0.2) is 18.4 Å². The molecule has 2 aromatic heterocycles. The first kappa shape index (κ1) is 12.2. The fraction of sp³-hybridized carbons (Fsp3) is 0.0833. The Balaban J connectivity index is 1.95. The summed E-state index contributed by atoms with van der Waals surface area (Å²) in [6, 6.07) is 8.58. The van der Waals surface area contributed by atoms with E-state index >= 15 is 0 Å². The highest BCUT2D eigenvalue weighted by Gasteiger charge is 2.16. The van der Waals surface area contributed by atoms with Crippen molar-refractivity contribution < 1.29 is 8.42 Å². The number of H-pyrrole nitrogens is 1. The van der Waals surface area contributed by atoms with Crippen molar-refractivity contribution in [2.45, 2.75) is 11.1 Å². The van der Waals surface area contributed by atoms with E-state index in [9.17, 15) is 8.42 Å². The summed E-state index contributed by atoms with van der Waals surface area (Å²) in [6.07, 6.45) is 1.57. The van der Waals surface area contributed by atoms with E-state index in [1.807, 2.05) is 6.92 Å². The first-order valence-corrected chi connectivity index (χ1v) is 7.87. The molecule has 0 amide bonds. The van der Waals surface area contributed by atoms with Gasteiger partial charge < -0.3 is 4.98 Å². The number of aryl methyl sites for hydroxylation is 1. The number of thiophene rings is 1. The summed E-state index contributed by atoms with van der Waals surface area (Å²) in [7, 11) is -3.51. The lowest BCUT2D eigenvalue weighted by atomic mass is 10.3. The molecule has 2 N–H and O–H groups in total. The SMILES string of the molecule is Cc1ccc(S(=O)(=O)Nc2ccc3nc[nH]c3c2)s1. The molecule has 0 saturated carbocycles. The van der Waals surface area contributed by atoms with Crippen LogP contribution in [0.1, 0.15) is 4.88 Å². The molecule has 0 aliphatic rings. The summed E-state index contributed by atoms with van der Waals surface area (Å²) < 4.78 is 27.2. The third kappa shape index (κ3) is 2.34. The van der Waals surface area contributed by atoms with Crippen LogP contribution in [0, 0.1) is 6.92 Å². The number of fused-ring (bicyclic) bond motifs is 1. The van der Waals surface area contributed by atoms with Gasteiger partial charge in [0.25, 0.3) is 10.0 Å². The summed E-state index contributed by atoms with van der Waals surface area (Å²) in [5.74, 6) is 0. The van der Waals surface area contributed by atoms with Crippen LogP contribution < -0.4 is 4.72 Å². The average Bonchev–Trinajstić information content (AvgIpc) is 2.96. The highest BCUT2D eigenvalue weighted by Crippen LogP contribution is 2.24. The van der Waals surface area contributed by atoms with E-state index in [-0.39, 0.29) is 0 Å². The van der Waals surface area contributed by atoms with Gasteiger partial charge in [0.2, 0.25) is 0 Å². The molecule has 7 heteroatoms.